The minimum atomic E-state index is -0.141. The molecule has 27 heavy (non-hydrogen) atoms. The van der Waals surface area contributed by atoms with Gasteiger partial charge in [0.05, 0.1) is 7.11 Å². The van der Waals surface area contributed by atoms with Gasteiger partial charge in [-0.25, -0.2) is 0 Å². The number of carbonyl (C=O) groups is 1. The van der Waals surface area contributed by atoms with E-state index in [-0.39, 0.29) is 5.91 Å². The molecule has 7 heteroatoms. The predicted octanol–water partition coefficient (Wildman–Crippen LogP) is 2.49. The molecule has 2 rings (SSSR count). The van der Waals surface area contributed by atoms with Crippen LogP contribution >= 0.6 is 11.6 Å². The first kappa shape index (κ1) is 20.6. The molecule has 6 nitrogen and oxygen atoms in total. The minimum absolute atomic E-state index is 0.141. The molecule has 1 amide bonds. The lowest BCUT2D eigenvalue weighted by molar-refractivity contribution is 0.0954. The largest absolute Gasteiger partial charge is 0.497 e. The number of nitrogens with zero attached hydrogens (tertiary/aromatic N) is 1. The summed E-state index contributed by atoms with van der Waals surface area (Å²) in [7, 11) is 3.28. The summed E-state index contributed by atoms with van der Waals surface area (Å²) in [6, 6.07) is 14.8. The molecule has 0 radical (unpaired) electrons. The van der Waals surface area contributed by atoms with Gasteiger partial charge in [0.15, 0.2) is 5.96 Å². The van der Waals surface area contributed by atoms with E-state index in [0.717, 1.165) is 17.0 Å². The van der Waals surface area contributed by atoms with Gasteiger partial charge >= 0.3 is 0 Å². The molecule has 0 saturated carbocycles. The average Bonchev–Trinajstić information content (AvgIpc) is 2.71. The van der Waals surface area contributed by atoms with Crippen molar-refractivity contribution in [2.75, 3.05) is 33.8 Å². The lowest BCUT2D eigenvalue weighted by atomic mass is 10.1. The molecule has 0 aromatic heterocycles. The van der Waals surface area contributed by atoms with Gasteiger partial charge in [0.2, 0.25) is 0 Å². The first-order chi connectivity index (χ1) is 13.1. The predicted molar refractivity (Wildman–Crippen MR) is 110 cm³/mol. The molecule has 144 valence electrons. The first-order valence-corrected chi connectivity index (χ1v) is 9.12. The van der Waals surface area contributed by atoms with Crippen molar-refractivity contribution in [1.82, 2.24) is 16.0 Å². The van der Waals surface area contributed by atoms with Crippen molar-refractivity contribution < 1.29 is 9.53 Å². The van der Waals surface area contributed by atoms with Crippen LogP contribution in [0.1, 0.15) is 15.9 Å². The molecule has 0 fully saturated rings. The second-order valence-corrected chi connectivity index (χ2v) is 6.16. The highest BCUT2D eigenvalue weighted by Gasteiger charge is 2.06. The van der Waals surface area contributed by atoms with Gasteiger partial charge in [-0.3, -0.25) is 9.79 Å². The quantitative estimate of drug-likeness (QED) is 0.369. The maximum absolute atomic E-state index is 12.1. The zero-order chi connectivity index (χ0) is 19.5. The maximum Gasteiger partial charge on any atom is 0.251 e. The van der Waals surface area contributed by atoms with Crippen LogP contribution in [-0.2, 0) is 6.42 Å². The second-order valence-electron chi connectivity index (χ2n) is 5.76. The van der Waals surface area contributed by atoms with Crippen molar-refractivity contribution in [2.24, 2.45) is 4.99 Å². The van der Waals surface area contributed by atoms with Crippen LogP contribution in [0, 0.1) is 0 Å². The number of methoxy groups -OCH3 is 1. The van der Waals surface area contributed by atoms with Crippen molar-refractivity contribution in [2.45, 2.75) is 6.42 Å². The Bertz CT molecular complexity index is 780. The summed E-state index contributed by atoms with van der Waals surface area (Å²) >= 11 is 6.15. The zero-order valence-electron chi connectivity index (χ0n) is 15.6. The number of hydrogen-bond acceptors (Lipinski definition) is 3. The third kappa shape index (κ3) is 6.83. The Hall–Kier alpha value is -2.73. The Balaban J connectivity index is 1.68. The zero-order valence-corrected chi connectivity index (χ0v) is 16.3. The third-order valence-corrected chi connectivity index (χ3v) is 4.27. The van der Waals surface area contributed by atoms with Crippen LogP contribution in [-0.4, -0.2) is 45.7 Å². The Morgan fingerprint density at radius 2 is 1.78 bits per heavy atom. The summed E-state index contributed by atoms with van der Waals surface area (Å²) in [4.78, 5) is 16.3. The van der Waals surface area contributed by atoms with Crippen LogP contribution in [0.3, 0.4) is 0 Å². The topological polar surface area (TPSA) is 74.8 Å². The van der Waals surface area contributed by atoms with Crippen molar-refractivity contribution in [1.29, 1.82) is 0 Å². The van der Waals surface area contributed by atoms with E-state index < -0.39 is 0 Å². The van der Waals surface area contributed by atoms with Crippen LogP contribution in [0.5, 0.6) is 5.75 Å². The second kappa shape index (κ2) is 11.1. The molecular formula is C20H25ClN4O2. The monoisotopic (exact) mass is 388 g/mol. The number of halogens is 1. The SMILES string of the molecule is CN=C(NCCNC(=O)c1cccc(OC)c1)NCCc1ccccc1Cl. The number of aliphatic imine (C=N–C) groups is 1. The van der Waals surface area contributed by atoms with Crippen molar-refractivity contribution >= 4 is 23.5 Å². The summed E-state index contributed by atoms with van der Waals surface area (Å²) in [5.41, 5.74) is 1.66. The molecule has 0 aliphatic carbocycles. The molecule has 0 aliphatic heterocycles. The number of guanidine groups is 1. The molecule has 0 unspecified atom stereocenters. The minimum Gasteiger partial charge on any atom is -0.497 e. The molecule has 3 N–H and O–H groups in total. The molecule has 0 aliphatic rings. The Kier molecular flexibility index (Phi) is 8.45. The molecule has 0 spiro atoms. The highest BCUT2D eigenvalue weighted by Crippen LogP contribution is 2.14. The van der Waals surface area contributed by atoms with E-state index in [4.69, 9.17) is 16.3 Å². The summed E-state index contributed by atoms with van der Waals surface area (Å²) < 4.78 is 5.13. The fraction of sp³-hybridized carbons (Fsp3) is 0.300. The molecule has 0 atom stereocenters. The van der Waals surface area contributed by atoms with E-state index in [1.165, 1.54) is 0 Å². The number of hydrogen-bond donors (Lipinski definition) is 3. The van der Waals surface area contributed by atoms with Crippen molar-refractivity contribution in [3.63, 3.8) is 0 Å². The van der Waals surface area contributed by atoms with E-state index in [9.17, 15) is 4.79 Å². The van der Waals surface area contributed by atoms with Gasteiger partial charge in [-0.15, -0.1) is 0 Å². The standard InChI is InChI=1S/C20H25ClN4O2/c1-22-20(24-11-10-15-6-3-4-9-18(15)21)25-13-12-23-19(26)16-7-5-8-17(14-16)27-2/h3-9,14H,10-13H2,1-2H3,(H,23,26)(H2,22,24,25). The van der Waals surface area contributed by atoms with Crippen molar-refractivity contribution in [3.05, 3.63) is 64.7 Å². The van der Waals surface area contributed by atoms with Gasteiger partial charge in [-0.2, -0.15) is 0 Å². The fourth-order valence-electron chi connectivity index (χ4n) is 2.46. The first-order valence-electron chi connectivity index (χ1n) is 8.74. The van der Waals surface area contributed by atoms with Crippen LogP contribution in [0.25, 0.3) is 0 Å². The Morgan fingerprint density at radius 3 is 2.52 bits per heavy atom. The van der Waals surface area contributed by atoms with Crippen LogP contribution in [0.15, 0.2) is 53.5 Å². The van der Waals surface area contributed by atoms with Crippen molar-refractivity contribution in [3.8, 4) is 5.75 Å². The fourth-order valence-corrected chi connectivity index (χ4v) is 2.69. The van der Waals surface area contributed by atoms with E-state index >= 15 is 0 Å². The Labute approximate surface area is 165 Å². The number of carbonyl (C=O) groups excluding carboxylic acids is 1. The third-order valence-electron chi connectivity index (χ3n) is 3.90. The molecular weight excluding hydrogens is 364 g/mol. The highest BCUT2D eigenvalue weighted by atomic mass is 35.5. The summed E-state index contributed by atoms with van der Waals surface area (Å²) in [5, 5.41) is 10.0. The Morgan fingerprint density at radius 1 is 1.04 bits per heavy atom. The number of rotatable bonds is 8. The number of amides is 1. The van der Waals surface area contributed by atoms with E-state index in [2.05, 4.69) is 20.9 Å². The van der Waals surface area contributed by atoms with Crippen LogP contribution < -0.4 is 20.7 Å². The van der Waals surface area contributed by atoms with Crippen LogP contribution in [0.2, 0.25) is 5.02 Å². The molecule has 2 aromatic rings. The maximum atomic E-state index is 12.1. The number of ether oxygens (including phenoxy) is 1. The average molecular weight is 389 g/mol. The summed E-state index contributed by atoms with van der Waals surface area (Å²) in [5.74, 6) is 1.19. The summed E-state index contributed by atoms with van der Waals surface area (Å²) in [6.07, 6.45) is 0.799. The van der Waals surface area contributed by atoms with E-state index in [1.54, 1.807) is 38.4 Å². The molecule has 2 aromatic carbocycles. The van der Waals surface area contributed by atoms with Gasteiger partial charge in [-0.05, 0) is 36.2 Å². The lowest BCUT2D eigenvalue weighted by Gasteiger charge is -2.13. The van der Waals surface area contributed by atoms with E-state index in [1.807, 2.05) is 24.3 Å². The van der Waals surface area contributed by atoms with Gasteiger partial charge in [0.1, 0.15) is 5.75 Å². The molecule has 0 heterocycles. The van der Waals surface area contributed by atoms with Gasteiger partial charge in [-0.1, -0.05) is 35.9 Å². The van der Waals surface area contributed by atoms with E-state index in [0.29, 0.717) is 36.9 Å². The van der Waals surface area contributed by atoms with Crippen LogP contribution in [0.4, 0.5) is 0 Å². The lowest BCUT2D eigenvalue weighted by Crippen LogP contribution is -2.42. The number of nitrogens with one attached hydrogen (secondary N) is 3. The van der Waals surface area contributed by atoms with Gasteiger partial charge in [0.25, 0.3) is 5.91 Å². The normalized spacial score (nSPS) is 11.0. The highest BCUT2D eigenvalue weighted by molar-refractivity contribution is 6.31. The van der Waals surface area contributed by atoms with Gasteiger partial charge in [0, 0.05) is 37.3 Å². The summed E-state index contributed by atoms with van der Waals surface area (Å²) in [6.45, 7) is 1.74. The molecule has 0 saturated heterocycles. The van der Waals surface area contributed by atoms with Gasteiger partial charge < -0.3 is 20.7 Å². The molecule has 0 bridgehead atoms. The smallest absolute Gasteiger partial charge is 0.251 e. The number of benzene rings is 2.